The Balaban J connectivity index is 0.000000175. The molecule has 636 valence electrons. The SMILES string of the molecule is CC1CCC(c2ccc(COOC(c3ccccc3)C(OO)c3ccc(C4CCC(C)CC4)cc3)cc2)CC1.CC1CCC(c2ccc(OCO/C(=C\OC(=O)c3ccc(C4CCC(C)CC4)cc3)c3ccccc3)cc2)CC1.CCC(C)Cc1ccc(-c2ccc(C)cc2)cc1.CCCCC.CCc1ccc(OC(=O)c2ccc(C)cc2)cc1. The number of aryl methyl sites for hydroxylation is 3. The highest BCUT2D eigenvalue weighted by Gasteiger charge is 2.30. The second-order valence-electron chi connectivity index (χ2n) is 34.7. The third-order valence-corrected chi connectivity index (χ3v) is 25.1. The lowest BCUT2D eigenvalue weighted by Crippen LogP contribution is -2.18. The number of carbonyl (C=O) groups excluding carboxylic acids is 2. The molecule has 0 radical (unpaired) electrons. The Labute approximate surface area is 719 Å². The minimum Gasteiger partial charge on any atom is -0.457 e. The largest absolute Gasteiger partial charge is 0.457 e. The molecule has 14 rings (SSSR count). The van der Waals surface area contributed by atoms with E-state index in [1.165, 1.54) is 191 Å². The monoisotopic (exact) mass is 1620 g/mol. The molecule has 10 aromatic rings. The Bertz CT molecular complexity index is 4530. The third kappa shape index (κ3) is 30.2. The maximum atomic E-state index is 12.8. The summed E-state index contributed by atoms with van der Waals surface area (Å²) in [6, 6.07) is 85.6. The number of unbranched alkanes of at least 4 members (excludes halogenated alkanes) is 2. The molecule has 4 aliphatic carbocycles. The fourth-order valence-electron chi connectivity index (χ4n) is 16.6. The molecule has 0 heterocycles. The summed E-state index contributed by atoms with van der Waals surface area (Å²) in [4.78, 5) is 41.5. The third-order valence-electron chi connectivity index (χ3n) is 25.1. The van der Waals surface area contributed by atoms with E-state index in [1.807, 2.05) is 128 Å². The first-order valence-electron chi connectivity index (χ1n) is 45.2. The molecule has 0 amide bonds. The van der Waals surface area contributed by atoms with Crippen molar-refractivity contribution in [2.75, 3.05) is 6.79 Å². The first-order chi connectivity index (χ1) is 58.4. The van der Waals surface area contributed by atoms with Gasteiger partial charge in [0, 0.05) is 5.56 Å². The van der Waals surface area contributed by atoms with Crippen LogP contribution >= 0.6 is 0 Å². The molecule has 3 unspecified atom stereocenters. The van der Waals surface area contributed by atoms with Crippen LogP contribution < -0.4 is 9.47 Å². The number of hydrogen-bond donors (Lipinski definition) is 1. The summed E-state index contributed by atoms with van der Waals surface area (Å²) in [6.45, 7) is 24.9. The van der Waals surface area contributed by atoms with Gasteiger partial charge in [-0.05, 0) is 241 Å². The molecule has 10 nitrogen and oxygen atoms in total. The van der Waals surface area contributed by atoms with Gasteiger partial charge < -0.3 is 18.9 Å². The summed E-state index contributed by atoms with van der Waals surface area (Å²) in [5.41, 5.74) is 17.9. The van der Waals surface area contributed by atoms with Crippen molar-refractivity contribution in [1.29, 1.82) is 0 Å². The lowest BCUT2D eigenvalue weighted by molar-refractivity contribution is -0.387. The van der Waals surface area contributed by atoms with Crippen molar-refractivity contribution in [3.05, 3.63) is 339 Å². The molecule has 10 heteroatoms. The van der Waals surface area contributed by atoms with Crippen LogP contribution in [0.4, 0.5) is 0 Å². The van der Waals surface area contributed by atoms with E-state index in [0.29, 0.717) is 52.9 Å². The van der Waals surface area contributed by atoms with E-state index in [0.717, 1.165) is 69.6 Å². The van der Waals surface area contributed by atoms with Crippen LogP contribution in [-0.2, 0) is 43.6 Å². The molecule has 4 saturated carbocycles. The van der Waals surface area contributed by atoms with Gasteiger partial charge in [0.25, 0.3) is 0 Å². The van der Waals surface area contributed by atoms with Crippen LogP contribution in [-0.4, -0.2) is 24.0 Å². The van der Waals surface area contributed by atoms with Crippen LogP contribution in [0.15, 0.2) is 261 Å². The minimum atomic E-state index is -0.719. The zero-order valence-corrected chi connectivity index (χ0v) is 73.8. The fourth-order valence-corrected chi connectivity index (χ4v) is 16.6. The van der Waals surface area contributed by atoms with Gasteiger partial charge >= 0.3 is 11.9 Å². The van der Waals surface area contributed by atoms with Crippen LogP contribution in [0.5, 0.6) is 11.5 Å². The van der Waals surface area contributed by atoms with Gasteiger partial charge in [-0.15, -0.1) is 0 Å². The summed E-state index contributed by atoms with van der Waals surface area (Å²) in [5.74, 6) is 7.69. The van der Waals surface area contributed by atoms with E-state index >= 15 is 0 Å². The van der Waals surface area contributed by atoms with Crippen LogP contribution in [0.2, 0.25) is 0 Å². The minimum absolute atomic E-state index is 0.00721. The summed E-state index contributed by atoms with van der Waals surface area (Å²) >= 11 is 0. The lowest BCUT2D eigenvalue weighted by atomic mass is 9.79. The van der Waals surface area contributed by atoms with Crippen LogP contribution in [0, 0.1) is 43.4 Å². The highest BCUT2D eigenvalue weighted by Crippen LogP contribution is 2.42. The molecule has 1 N–H and O–H groups in total. The average molecular weight is 1620 g/mol. The normalized spacial score (nSPS) is 19.7. The maximum Gasteiger partial charge on any atom is 0.343 e. The van der Waals surface area contributed by atoms with E-state index < -0.39 is 18.2 Å². The van der Waals surface area contributed by atoms with Crippen molar-refractivity contribution in [2.45, 2.75) is 260 Å². The molecule has 120 heavy (non-hydrogen) atoms. The Kier molecular flexibility index (Phi) is 38.5. The lowest BCUT2D eigenvalue weighted by Gasteiger charge is -2.27. The maximum absolute atomic E-state index is 12.8. The van der Waals surface area contributed by atoms with E-state index in [2.05, 4.69) is 191 Å². The first-order valence-corrected chi connectivity index (χ1v) is 45.2. The summed E-state index contributed by atoms with van der Waals surface area (Å²) in [6.07, 6.45) is 27.9. The van der Waals surface area contributed by atoms with Crippen LogP contribution in [0.3, 0.4) is 0 Å². The van der Waals surface area contributed by atoms with E-state index in [4.69, 9.17) is 33.6 Å². The fraction of sp³-hybridized carbons (Fsp3) is 0.418. The molecule has 4 fully saturated rings. The van der Waals surface area contributed by atoms with Gasteiger partial charge in [-0.25, -0.2) is 24.3 Å². The molecular formula is C110H136O10. The Morgan fingerprint density at radius 3 is 1.25 bits per heavy atom. The molecule has 4 aliphatic rings. The molecule has 0 aromatic heterocycles. The first kappa shape index (κ1) is 92.6. The average Bonchev–Trinajstić information content (AvgIpc) is 0.812. The Hall–Kier alpha value is -9.68. The highest BCUT2D eigenvalue weighted by atomic mass is 17.2. The van der Waals surface area contributed by atoms with Crippen molar-refractivity contribution in [2.24, 2.45) is 29.6 Å². The zero-order valence-electron chi connectivity index (χ0n) is 73.8. The number of benzene rings is 10. The quantitative estimate of drug-likeness (QED) is 0.0127. The highest BCUT2D eigenvalue weighted by molar-refractivity contribution is 5.91. The molecule has 0 spiro atoms. The summed E-state index contributed by atoms with van der Waals surface area (Å²) < 4.78 is 22.7. The smallest absolute Gasteiger partial charge is 0.343 e. The molecule has 3 atom stereocenters. The number of esters is 2. The van der Waals surface area contributed by atoms with Gasteiger partial charge in [0.2, 0.25) is 6.79 Å². The number of rotatable bonds is 28. The Morgan fingerprint density at radius 1 is 0.408 bits per heavy atom. The van der Waals surface area contributed by atoms with Crippen LogP contribution in [0.1, 0.15) is 314 Å². The van der Waals surface area contributed by atoms with Gasteiger partial charge in [0.15, 0.2) is 18.0 Å². The summed E-state index contributed by atoms with van der Waals surface area (Å²) in [7, 11) is 0. The van der Waals surface area contributed by atoms with Crippen molar-refractivity contribution >= 4 is 17.7 Å². The topological polar surface area (TPSA) is 119 Å². The van der Waals surface area contributed by atoms with Gasteiger partial charge in [-0.2, -0.15) is 0 Å². The number of hydrogen-bond acceptors (Lipinski definition) is 10. The molecule has 10 aromatic carbocycles. The number of carbonyl (C=O) groups is 2. The molecule has 0 bridgehead atoms. The van der Waals surface area contributed by atoms with Gasteiger partial charge in [-0.1, -0.05) is 357 Å². The molecular weight excluding hydrogens is 1480 g/mol. The molecule has 0 saturated heterocycles. The predicted molar refractivity (Wildman–Crippen MR) is 492 cm³/mol. The van der Waals surface area contributed by atoms with Crippen molar-refractivity contribution in [1.82, 2.24) is 0 Å². The summed E-state index contributed by atoms with van der Waals surface area (Å²) in [5, 5.41) is 10.0. The predicted octanol–water partition coefficient (Wildman–Crippen LogP) is 30.4. The van der Waals surface area contributed by atoms with E-state index in [9.17, 15) is 14.8 Å². The van der Waals surface area contributed by atoms with Crippen molar-refractivity contribution in [3.63, 3.8) is 0 Å². The Morgan fingerprint density at radius 2 is 0.800 bits per heavy atom. The second kappa shape index (κ2) is 49.9. The molecule has 0 aliphatic heterocycles. The van der Waals surface area contributed by atoms with E-state index in [-0.39, 0.29) is 12.8 Å². The van der Waals surface area contributed by atoms with Crippen LogP contribution in [0.25, 0.3) is 16.9 Å². The van der Waals surface area contributed by atoms with Crippen molar-refractivity contribution < 1.29 is 48.5 Å². The van der Waals surface area contributed by atoms with Gasteiger partial charge in [0.05, 0.1) is 11.1 Å². The van der Waals surface area contributed by atoms with E-state index in [1.54, 1.807) is 12.1 Å². The zero-order chi connectivity index (χ0) is 84.8. The number of ether oxygens (including phenoxy) is 4. The van der Waals surface area contributed by atoms with Gasteiger partial charge in [-0.3, -0.25) is 5.26 Å². The second-order valence-corrected chi connectivity index (χ2v) is 34.7. The van der Waals surface area contributed by atoms with Crippen molar-refractivity contribution in [3.8, 4) is 22.6 Å². The standard InChI is InChI=1S/C36H42O4.C35H44O4.C18H22.C16H16O2.C5H12/c1-26-8-12-28(13-9-26)30-16-18-33(19-17-30)36(37)38-24-35(32-6-4-3-5-7-32)40-25-39-34-22-20-31(21-23-34)29-14-10-27(2)11-15-29;1-25-8-14-28(15-9-25)30-18-12-27(13-19-30)24-37-39-35(32-6-4-3-5-7-32)34(38-36)33-22-20-31(21-23-33)29-16-10-26(2)11-17-29;1-4-14(2)13-16-7-11-18(12-8-16)17-9-5-15(3)6-10-17;1-3-13-6-10-15(11-7-13)18-16(17)14-8-4-12(2)5-9-14;1-3-5-4-2/h3-7,16-24,26-29H,8-15,25H2,1-2H3;3-7,12-13,18-23,25-26,28-29,34-36H,8-11,14-17,24H2,1-2H3;5-12,14H,4,13H2,1-3H3;4-11H,3H2,1-2H3;3-5H2,1-2H3/b35-24-;;;;. The van der Waals surface area contributed by atoms with Gasteiger partial charge in [0.1, 0.15) is 24.4 Å².